The van der Waals surface area contributed by atoms with Crippen molar-refractivity contribution < 1.29 is 14.6 Å². The Morgan fingerprint density at radius 1 is 1.48 bits per heavy atom. The molecule has 8 heteroatoms. The Morgan fingerprint density at radius 3 is 2.95 bits per heavy atom. The van der Waals surface area contributed by atoms with Crippen LogP contribution < -0.4 is 4.90 Å². The molecule has 2 aliphatic rings. The number of hydrogen-bond acceptors (Lipinski definition) is 6. The van der Waals surface area contributed by atoms with Crippen molar-refractivity contribution >= 4 is 23.7 Å². The highest BCUT2D eigenvalue weighted by Gasteiger charge is 2.33. The van der Waals surface area contributed by atoms with E-state index in [4.69, 9.17) is 9.84 Å². The van der Waals surface area contributed by atoms with E-state index < -0.39 is 5.97 Å². The van der Waals surface area contributed by atoms with Crippen LogP contribution >= 0.6 is 11.8 Å². The van der Waals surface area contributed by atoms with Crippen LogP contribution in [0.4, 0.5) is 5.95 Å². The molecule has 0 amide bonds. The van der Waals surface area contributed by atoms with Gasteiger partial charge in [0.15, 0.2) is 5.16 Å². The van der Waals surface area contributed by atoms with Crippen LogP contribution in [0.1, 0.15) is 32.2 Å². The lowest BCUT2D eigenvalue weighted by molar-refractivity contribution is -0.133. The van der Waals surface area contributed by atoms with Crippen LogP contribution in [-0.2, 0) is 9.53 Å². The van der Waals surface area contributed by atoms with E-state index >= 15 is 0 Å². The number of carboxylic acids is 1. The minimum absolute atomic E-state index is 0.0194. The van der Waals surface area contributed by atoms with Gasteiger partial charge in [0.05, 0.1) is 18.5 Å². The zero-order valence-corrected chi connectivity index (χ0v) is 12.9. The first kappa shape index (κ1) is 14.6. The van der Waals surface area contributed by atoms with Crippen molar-refractivity contribution in [2.75, 3.05) is 30.3 Å². The van der Waals surface area contributed by atoms with Gasteiger partial charge in [0, 0.05) is 19.1 Å². The van der Waals surface area contributed by atoms with E-state index in [9.17, 15) is 4.79 Å². The maximum absolute atomic E-state index is 10.8. The first-order valence-electron chi connectivity index (χ1n) is 7.35. The molecule has 1 atom stereocenters. The lowest BCUT2D eigenvalue weighted by Gasteiger charge is -2.33. The van der Waals surface area contributed by atoms with Crippen LogP contribution in [0.2, 0.25) is 0 Å². The zero-order chi connectivity index (χ0) is 14.8. The molecule has 1 aliphatic heterocycles. The Hall–Kier alpha value is -1.28. The molecule has 1 aromatic rings. The Labute approximate surface area is 127 Å². The van der Waals surface area contributed by atoms with Gasteiger partial charge in [-0.1, -0.05) is 18.7 Å². The van der Waals surface area contributed by atoms with Gasteiger partial charge in [0.1, 0.15) is 0 Å². The summed E-state index contributed by atoms with van der Waals surface area (Å²) in [6, 6.07) is 0.425. The molecule has 7 nitrogen and oxygen atoms in total. The van der Waals surface area contributed by atoms with Crippen molar-refractivity contribution in [3.63, 3.8) is 0 Å². The van der Waals surface area contributed by atoms with Crippen LogP contribution in [0, 0.1) is 0 Å². The summed E-state index contributed by atoms with van der Waals surface area (Å²) in [5.74, 6) is 0.0578. The number of nitrogens with zero attached hydrogens (tertiary/aromatic N) is 4. The van der Waals surface area contributed by atoms with E-state index in [1.54, 1.807) is 0 Å². The maximum atomic E-state index is 10.8. The molecule has 1 N–H and O–H groups in total. The average Bonchev–Trinajstić information content (AvgIpc) is 3.24. The number of aromatic nitrogens is 3. The number of hydrogen-bond donors (Lipinski definition) is 1. The first-order chi connectivity index (χ1) is 10.2. The number of aliphatic carboxylic acids is 1. The fraction of sp³-hybridized carbons (Fsp3) is 0.769. The van der Waals surface area contributed by atoms with E-state index in [-0.39, 0.29) is 11.9 Å². The molecule has 1 saturated carbocycles. The molecule has 0 bridgehead atoms. The van der Waals surface area contributed by atoms with Crippen LogP contribution in [-0.4, -0.2) is 57.4 Å². The predicted molar refractivity (Wildman–Crippen MR) is 78.9 cm³/mol. The SMILES string of the molecule is CCC1CN(c2nnc(SCC(=O)O)n2C2CC2)CCO1. The Kier molecular flexibility index (Phi) is 4.34. The highest BCUT2D eigenvalue weighted by molar-refractivity contribution is 7.99. The summed E-state index contributed by atoms with van der Waals surface area (Å²) in [7, 11) is 0. The van der Waals surface area contributed by atoms with E-state index in [0.717, 1.165) is 43.5 Å². The molecule has 1 unspecified atom stereocenters. The Morgan fingerprint density at radius 2 is 2.29 bits per heavy atom. The summed E-state index contributed by atoms with van der Waals surface area (Å²) in [5, 5.41) is 18.1. The fourth-order valence-electron chi connectivity index (χ4n) is 2.51. The molecule has 3 rings (SSSR count). The van der Waals surface area contributed by atoms with Crippen LogP contribution in [0.25, 0.3) is 0 Å². The number of thioether (sulfide) groups is 1. The second-order valence-corrected chi connectivity index (χ2v) is 6.36. The largest absolute Gasteiger partial charge is 0.481 e. The Bertz CT molecular complexity index is 518. The number of carbonyl (C=O) groups is 1. The van der Waals surface area contributed by atoms with Gasteiger partial charge in [-0.2, -0.15) is 0 Å². The second kappa shape index (κ2) is 6.23. The van der Waals surface area contributed by atoms with Crippen molar-refractivity contribution in [3.05, 3.63) is 0 Å². The Balaban J connectivity index is 1.79. The van der Waals surface area contributed by atoms with Gasteiger partial charge in [0.25, 0.3) is 0 Å². The van der Waals surface area contributed by atoms with E-state index in [2.05, 4.69) is 26.6 Å². The average molecular weight is 312 g/mol. The van der Waals surface area contributed by atoms with Crippen LogP contribution in [0.5, 0.6) is 0 Å². The summed E-state index contributed by atoms with van der Waals surface area (Å²) >= 11 is 1.25. The third-order valence-corrected chi connectivity index (χ3v) is 4.69. The lowest BCUT2D eigenvalue weighted by Crippen LogP contribution is -2.43. The molecule has 2 heterocycles. The topological polar surface area (TPSA) is 80.5 Å². The van der Waals surface area contributed by atoms with Crippen LogP contribution in [0.15, 0.2) is 5.16 Å². The van der Waals surface area contributed by atoms with Gasteiger partial charge >= 0.3 is 5.97 Å². The normalized spacial score (nSPS) is 22.5. The molecule has 1 aromatic heterocycles. The third kappa shape index (κ3) is 3.32. The van der Waals surface area contributed by atoms with Crippen LogP contribution in [0.3, 0.4) is 0 Å². The number of ether oxygens (including phenoxy) is 1. The summed E-state index contributed by atoms with van der Waals surface area (Å²) < 4.78 is 7.82. The molecule has 1 saturated heterocycles. The minimum Gasteiger partial charge on any atom is -0.481 e. The van der Waals surface area contributed by atoms with Gasteiger partial charge in [0.2, 0.25) is 5.95 Å². The minimum atomic E-state index is -0.829. The van der Waals surface area contributed by atoms with E-state index in [1.807, 2.05) is 0 Å². The third-order valence-electron chi connectivity index (χ3n) is 3.76. The summed E-state index contributed by atoms with van der Waals surface area (Å²) in [6.45, 7) is 4.46. The number of anilines is 1. The number of morpholine rings is 1. The summed E-state index contributed by atoms with van der Waals surface area (Å²) in [5.41, 5.74) is 0. The van der Waals surface area contributed by atoms with Gasteiger partial charge in [-0.15, -0.1) is 10.2 Å². The highest BCUT2D eigenvalue weighted by Crippen LogP contribution is 2.41. The fourth-order valence-corrected chi connectivity index (χ4v) is 3.23. The molecule has 0 radical (unpaired) electrons. The van der Waals surface area contributed by atoms with E-state index in [1.165, 1.54) is 11.8 Å². The van der Waals surface area contributed by atoms with Gasteiger partial charge in [-0.3, -0.25) is 9.36 Å². The smallest absolute Gasteiger partial charge is 0.313 e. The predicted octanol–water partition coefficient (Wildman–Crippen LogP) is 1.40. The monoisotopic (exact) mass is 312 g/mol. The summed E-state index contributed by atoms with van der Waals surface area (Å²) in [4.78, 5) is 13.0. The second-order valence-electron chi connectivity index (χ2n) is 5.41. The lowest BCUT2D eigenvalue weighted by atomic mass is 10.2. The number of carboxylic acid groups (broad SMARTS) is 1. The van der Waals surface area contributed by atoms with Crippen molar-refractivity contribution in [2.45, 2.75) is 43.5 Å². The highest BCUT2D eigenvalue weighted by atomic mass is 32.2. The number of rotatable bonds is 6. The molecule has 0 aromatic carbocycles. The van der Waals surface area contributed by atoms with Crippen molar-refractivity contribution in [1.29, 1.82) is 0 Å². The summed E-state index contributed by atoms with van der Waals surface area (Å²) in [6.07, 6.45) is 3.45. The first-order valence-corrected chi connectivity index (χ1v) is 8.33. The molecular formula is C13H20N4O3S. The maximum Gasteiger partial charge on any atom is 0.313 e. The molecule has 1 aliphatic carbocycles. The van der Waals surface area contributed by atoms with Crippen molar-refractivity contribution in [3.8, 4) is 0 Å². The zero-order valence-electron chi connectivity index (χ0n) is 12.1. The molecule has 21 heavy (non-hydrogen) atoms. The molecular weight excluding hydrogens is 292 g/mol. The quantitative estimate of drug-likeness (QED) is 0.795. The van der Waals surface area contributed by atoms with Crippen molar-refractivity contribution in [2.24, 2.45) is 0 Å². The van der Waals surface area contributed by atoms with Gasteiger partial charge in [-0.25, -0.2) is 0 Å². The molecule has 2 fully saturated rings. The van der Waals surface area contributed by atoms with Crippen molar-refractivity contribution in [1.82, 2.24) is 14.8 Å². The van der Waals surface area contributed by atoms with Gasteiger partial charge < -0.3 is 14.7 Å². The van der Waals surface area contributed by atoms with Gasteiger partial charge in [-0.05, 0) is 19.3 Å². The standard InChI is InChI=1S/C13H20N4O3S/c1-2-10-7-16(5-6-20-10)12-14-15-13(21-8-11(18)19)17(12)9-3-4-9/h9-10H,2-8H2,1H3,(H,18,19). The van der Waals surface area contributed by atoms with E-state index in [0.29, 0.717) is 12.6 Å². The molecule has 0 spiro atoms. The molecule has 116 valence electrons.